The van der Waals surface area contributed by atoms with Crippen molar-refractivity contribution in [1.29, 1.82) is 0 Å². The van der Waals surface area contributed by atoms with E-state index in [2.05, 4.69) is 10.2 Å². The minimum atomic E-state index is 0.363. The zero-order valence-electron chi connectivity index (χ0n) is 4.08. The van der Waals surface area contributed by atoms with Crippen molar-refractivity contribution in [2.45, 2.75) is 19.0 Å². The molecule has 0 saturated carbocycles. The maximum Gasteiger partial charge on any atom is 0.0714 e. The maximum absolute atomic E-state index is 5.30. The Balaban J connectivity index is 2.14. The third-order valence-corrected chi connectivity index (χ3v) is 1.46. The number of rotatable bonds is 1. The van der Waals surface area contributed by atoms with E-state index in [1.807, 2.05) is 0 Å². The molecule has 1 atom stereocenters. The third-order valence-electron chi connectivity index (χ3n) is 1.19. The Morgan fingerprint density at radius 1 is 1.71 bits per heavy atom. The van der Waals surface area contributed by atoms with Crippen LogP contribution in [0.4, 0.5) is 0 Å². The van der Waals surface area contributed by atoms with Crippen LogP contribution in [0.1, 0.15) is 12.8 Å². The first kappa shape index (κ1) is 5.35. The van der Waals surface area contributed by atoms with E-state index >= 15 is 0 Å². The first-order valence-electron chi connectivity index (χ1n) is 2.53. The van der Waals surface area contributed by atoms with Crippen molar-refractivity contribution in [3.63, 3.8) is 0 Å². The minimum Gasteiger partial charge on any atom is -0.301 e. The van der Waals surface area contributed by atoms with Crippen LogP contribution in [-0.4, -0.2) is 12.7 Å². The summed E-state index contributed by atoms with van der Waals surface area (Å²) in [6.07, 6.45) is 2.76. The van der Waals surface area contributed by atoms with E-state index in [9.17, 15) is 0 Å². The molecule has 0 aromatic carbocycles. The van der Waals surface area contributed by atoms with Gasteiger partial charge in [-0.05, 0) is 31.2 Å². The first-order chi connectivity index (χ1) is 3.43. The second-order valence-corrected chi connectivity index (χ2v) is 1.98. The smallest absolute Gasteiger partial charge is 0.0714 e. The van der Waals surface area contributed by atoms with Gasteiger partial charge in [-0.1, -0.05) is 0 Å². The monoisotopic (exact) mass is 120 g/mol. The SMILES string of the molecule is ClNC1CCCN1. The Labute approximate surface area is 48.3 Å². The van der Waals surface area contributed by atoms with Crippen LogP contribution in [0.25, 0.3) is 0 Å². The van der Waals surface area contributed by atoms with E-state index in [0.29, 0.717) is 6.17 Å². The van der Waals surface area contributed by atoms with Crippen LogP contribution >= 0.6 is 11.8 Å². The quantitative estimate of drug-likeness (QED) is 0.491. The molecule has 7 heavy (non-hydrogen) atoms. The number of hydrogen-bond donors (Lipinski definition) is 2. The summed E-state index contributed by atoms with van der Waals surface area (Å²) in [4.78, 5) is 2.62. The summed E-state index contributed by atoms with van der Waals surface area (Å²) in [5, 5.41) is 3.16. The molecule has 1 aliphatic rings. The van der Waals surface area contributed by atoms with Crippen molar-refractivity contribution in [2.75, 3.05) is 6.54 Å². The predicted octanol–water partition coefficient (Wildman–Crippen LogP) is 0.439. The van der Waals surface area contributed by atoms with Crippen molar-refractivity contribution in [3.8, 4) is 0 Å². The lowest BCUT2D eigenvalue weighted by atomic mass is 10.3. The summed E-state index contributed by atoms with van der Waals surface area (Å²) < 4.78 is 0. The second kappa shape index (κ2) is 2.50. The second-order valence-electron chi connectivity index (χ2n) is 1.76. The molecule has 0 amide bonds. The van der Waals surface area contributed by atoms with Gasteiger partial charge in [-0.3, -0.25) is 0 Å². The van der Waals surface area contributed by atoms with Crippen LogP contribution in [0.3, 0.4) is 0 Å². The Morgan fingerprint density at radius 3 is 2.86 bits per heavy atom. The maximum atomic E-state index is 5.30. The van der Waals surface area contributed by atoms with Crippen LogP contribution in [0, 0.1) is 0 Å². The van der Waals surface area contributed by atoms with Gasteiger partial charge < -0.3 is 5.32 Å². The summed E-state index contributed by atoms with van der Waals surface area (Å²) in [6, 6.07) is 0. The standard InChI is InChI=1S/C4H9ClN2/c5-7-4-2-1-3-6-4/h4,6-7H,1-3H2. The lowest BCUT2D eigenvalue weighted by Crippen LogP contribution is -2.30. The van der Waals surface area contributed by atoms with Crippen molar-refractivity contribution < 1.29 is 0 Å². The molecule has 0 aromatic heterocycles. The molecular weight excluding hydrogens is 112 g/mol. The van der Waals surface area contributed by atoms with Gasteiger partial charge in [0, 0.05) is 0 Å². The summed E-state index contributed by atoms with van der Waals surface area (Å²) in [7, 11) is 0. The van der Waals surface area contributed by atoms with Crippen LogP contribution in [0.5, 0.6) is 0 Å². The van der Waals surface area contributed by atoms with E-state index in [-0.39, 0.29) is 0 Å². The molecule has 42 valence electrons. The summed E-state index contributed by atoms with van der Waals surface area (Å²) in [6.45, 7) is 1.10. The molecule has 2 N–H and O–H groups in total. The highest BCUT2D eigenvalue weighted by Gasteiger charge is 2.10. The number of halogens is 1. The number of nitrogens with one attached hydrogen (secondary N) is 2. The van der Waals surface area contributed by atoms with E-state index in [1.165, 1.54) is 6.42 Å². The fourth-order valence-electron chi connectivity index (χ4n) is 0.778. The third kappa shape index (κ3) is 1.30. The molecule has 1 aliphatic heterocycles. The molecule has 0 bridgehead atoms. The summed E-state index contributed by atoms with van der Waals surface area (Å²) >= 11 is 5.30. The molecule has 0 spiro atoms. The van der Waals surface area contributed by atoms with Gasteiger partial charge in [0.2, 0.25) is 0 Å². The minimum absolute atomic E-state index is 0.363. The molecule has 0 aromatic rings. The highest BCUT2D eigenvalue weighted by molar-refractivity contribution is 6.13. The lowest BCUT2D eigenvalue weighted by molar-refractivity contribution is 0.588. The van der Waals surface area contributed by atoms with E-state index in [4.69, 9.17) is 11.8 Å². The van der Waals surface area contributed by atoms with Crippen LogP contribution < -0.4 is 10.2 Å². The average molecular weight is 121 g/mol. The fourth-order valence-corrected chi connectivity index (χ4v) is 0.964. The van der Waals surface area contributed by atoms with Crippen molar-refractivity contribution in [3.05, 3.63) is 0 Å². The van der Waals surface area contributed by atoms with Gasteiger partial charge in [0.05, 0.1) is 6.17 Å². The summed E-state index contributed by atoms with van der Waals surface area (Å²) in [5.41, 5.74) is 0. The number of hydrogen-bond acceptors (Lipinski definition) is 2. The Kier molecular flexibility index (Phi) is 1.91. The van der Waals surface area contributed by atoms with Crippen LogP contribution in [-0.2, 0) is 0 Å². The van der Waals surface area contributed by atoms with Crippen molar-refractivity contribution in [1.82, 2.24) is 10.2 Å². The predicted molar refractivity (Wildman–Crippen MR) is 30.0 cm³/mol. The molecule has 1 unspecified atom stereocenters. The molecule has 3 heteroatoms. The van der Waals surface area contributed by atoms with Crippen molar-refractivity contribution >= 4 is 11.8 Å². The molecule has 1 heterocycles. The van der Waals surface area contributed by atoms with E-state index in [1.54, 1.807) is 0 Å². The van der Waals surface area contributed by atoms with Gasteiger partial charge in [-0.15, -0.1) is 0 Å². The van der Waals surface area contributed by atoms with Gasteiger partial charge in [-0.2, -0.15) is 0 Å². The highest BCUT2D eigenvalue weighted by atomic mass is 35.5. The van der Waals surface area contributed by atoms with Gasteiger partial charge >= 0.3 is 0 Å². The molecule has 1 rings (SSSR count). The largest absolute Gasteiger partial charge is 0.301 e. The van der Waals surface area contributed by atoms with E-state index in [0.717, 1.165) is 13.0 Å². The van der Waals surface area contributed by atoms with Crippen LogP contribution in [0.15, 0.2) is 0 Å². The Hall–Kier alpha value is 0.210. The topological polar surface area (TPSA) is 24.1 Å². The van der Waals surface area contributed by atoms with Gasteiger partial charge in [0.1, 0.15) is 0 Å². The van der Waals surface area contributed by atoms with Gasteiger partial charge in [-0.25, -0.2) is 4.84 Å². The molecular formula is C4H9ClN2. The van der Waals surface area contributed by atoms with Gasteiger partial charge in [0.15, 0.2) is 0 Å². The fraction of sp³-hybridized carbons (Fsp3) is 1.00. The lowest BCUT2D eigenvalue weighted by Gasteiger charge is -2.02. The normalized spacial score (nSPS) is 31.3. The van der Waals surface area contributed by atoms with Crippen molar-refractivity contribution in [2.24, 2.45) is 0 Å². The van der Waals surface area contributed by atoms with E-state index < -0.39 is 0 Å². The molecule has 2 nitrogen and oxygen atoms in total. The summed E-state index contributed by atoms with van der Waals surface area (Å²) in [5.74, 6) is 0. The molecule has 0 aliphatic carbocycles. The zero-order chi connectivity index (χ0) is 5.11. The Bertz CT molecular complexity index is 51.7. The zero-order valence-corrected chi connectivity index (χ0v) is 4.83. The van der Waals surface area contributed by atoms with Gasteiger partial charge in [0.25, 0.3) is 0 Å². The highest BCUT2D eigenvalue weighted by Crippen LogP contribution is 2.00. The Morgan fingerprint density at radius 2 is 2.57 bits per heavy atom. The molecule has 1 saturated heterocycles. The molecule has 1 fully saturated rings. The first-order valence-corrected chi connectivity index (χ1v) is 2.91. The average Bonchev–Trinajstić information content (AvgIpc) is 2.14. The van der Waals surface area contributed by atoms with Crippen LogP contribution in [0.2, 0.25) is 0 Å². The molecule has 0 radical (unpaired) electrons.